The smallest absolute Gasteiger partial charge is 0.235 e. The molecule has 1 saturated carbocycles. The minimum absolute atomic E-state index is 0.0514. The van der Waals surface area contributed by atoms with Crippen molar-refractivity contribution in [3.8, 4) is 5.88 Å². The third kappa shape index (κ3) is 5.13. The van der Waals surface area contributed by atoms with Crippen LogP contribution in [0.25, 0.3) is 11.0 Å². The Balaban J connectivity index is 1.20. The largest absolute Gasteiger partial charge is 0.481 e. The first-order valence-corrected chi connectivity index (χ1v) is 12.8. The summed E-state index contributed by atoms with van der Waals surface area (Å²) >= 11 is 1.49. The molecule has 3 atom stereocenters. The van der Waals surface area contributed by atoms with Gasteiger partial charge in [-0.05, 0) is 49.9 Å². The van der Waals surface area contributed by atoms with Crippen LogP contribution in [-0.2, 0) is 16.1 Å². The minimum Gasteiger partial charge on any atom is -0.481 e. The molecule has 10 nitrogen and oxygen atoms in total. The van der Waals surface area contributed by atoms with Gasteiger partial charge in [0.25, 0.3) is 0 Å². The number of aliphatic hydroxyl groups is 1. The number of carbonyl (C=O) groups is 2. The maximum atomic E-state index is 13.0. The first kappa shape index (κ1) is 24.4. The van der Waals surface area contributed by atoms with Crippen molar-refractivity contribution in [1.29, 1.82) is 0 Å². The number of rotatable bonds is 6. The van der Waals surface area contributed by atoms with E-state index in [1.165, 1.54) is 18.9 Å². The molecule has 1 unspecified atom stereocenters. The third-order valence-electron chi connectivity index (χ3n) is 6.64. The van der Waals surface area contributed by atoms with Crippen LogP contribution in [0, 0.1) is 12.8 Å². The standard InChI is InChI=1S/C25H28N6O4S/c1-13-9-20-24(30-21(33)12-36-20)28-18(13)11-27-15-4-3-14(10-19(15)32)25(34)29-17-7-8-26-16-5-6-22(35-2)31-23(16)17/h5-9,14-15,19,27,32H,3-4,10-12H2,1-2H3,(H,26,29,34)(H,28,30,33)/t14?,15-,19-/m0/s1. The van der Waals surface area contributed by atoms with Gasteiger partial charge in [-0.2, -0.15) is 0 Å². The molecule has 0 aromatic carbocycles. The van der Waals surface area contributed by atoms with Crippen molar-refractivity contribution in [2.75, 3.05) is 23.5 Å². The number of hydrogen-bond acceptors (Lipinski definition) is 9. The normalized spacial score (nSPS) is 21.5. The van der Waals surface area contributed by atoms with Crippen molar-refractivity contribution in [3.05, 3.63) is 41.7 Å². The van der Waals surface area contributed by atoms with Crippen molar-refractivity contribution in [2.24, 2.45) is 5.92 Å². The Morgan fingerprint density at radius 3 is 2.94 bits per heavy atom. The molecule has 3 aromatic rings. The highest BCUT2D eigenvalue weighted by molar-refractivity contribution is 8.00. The number of amides is 2. The quantitative estimate of drug-likeness (QED) is 0.396. The Morgan fingerprint density at radius 1 is 1.28 bits per heavy atom. The van der Waals surface area contributed by atoms with E-state index in [1.54, 1.807) is 24.4 Å². The van der Waals surface area contributed by atoms with Gasteiger partial charge in [-0.15, -0.1) is 11.8 Å². The summed E-state index contributed by atoms with van der Waals surface area (Å²) in [7, 11) is 1.54. The molecule has 1 fully saturated rings. The van der Waals surface area contributed by atoms with E-state index in [0.29, 0.717) is 60.0 Å². The van der Waals surface area contributed by atoms with Crippen molar-refractivity contribution >= 4 is 46.1 Å². The lowest BCUT2D eigenvalue weighted by atomic mass is 9.83. The fraction of sp³-hybridized carbons (Fsp3) is 0.400. The Morgan fingerprint density at radius 2 is 2.14 bits per heavy atom. The molecule has 11 heteroatoms. The number of hydrogen-bond donors (Lipinski definition) is 4. The van der Waals surface area contributed by atoms with Crippen LogP contribution in [0.5, 0.6) is 5.88 Å². The van der Waals surface area contributed by atoms with Crippen LogP contribution < -0.4 is 20.7 Å². The van der Waals surface area contributed by atoms with Gasteiger partial charge in [0, 0.05) is 30.8 Å². The average molecular weight is 509 g/mol. The monoisotopic (exact) mass is 508 g/mol. The number of nitrogens with zero attached hydrogens (tertiary/aromatic N) is 3. The number of carbonyl (C=O) groups excluding carboxylic acids is 2. The fourth-order valence-corrected chi connectivity index (χ4v) is 5.48. The summed E-state index contributed by atoms with van der Waals surface area (Å²) in [6, 6.07) is 7.12. The maximum Gasteiger partial charge on any atom is 0.235 e. The van der Waals surface area contributed by atoms with E-state index < -0.39 is 6.10 Å². The molecule has 0 spiro atoms. The van der Waals surface area contributed by atoms with Crippen LogP contribution in [0.15, 0.2) is 35.4 Å². The third-order valence-corrected chi connectivity index (χ3v) is 7.67. The van der Waals surface area contributed by atoms with Crippen LogP contribution >= 0.6 is 11.8 Å². The predicted molar refractivity (Wildman–Crippen MR) is 137 cm³/mol. The maximum absolute atomic E-state index is 13.0. The van der Waals surface area contributed by atoms with E-state index in [9.17, 15) is 14.7 Å². The van der Waals surface area contributed by atoms with Gasteiger partial charge >= 0.3 is 0 Å². The molecule has 4 N–H and O–H groups in total. The molecule has 36 heavy (non-hydrogen) atoms. The summed E-state index contributed by atoms with van der Waals surface area (Å²) in [5.74, 6) is 0.918. The Kier molecular flexibility index (Phi) is 7.04. The molecule has 2 amide bonds. The zero-order valence-electron chi connectivity index (χ0n) is 20.1. The van der Waals surface area contributed by atoms with Crippen molar-refractivity contribution in [2.45, 2.75) is 49.8 Å². The molecule has 0 radical (unpaired) electrons. The number of thioether (sulfide) groups is 1. The van der Waals surface area contributed by atoms with E-state index in [1.807, 2.05) is 13.0 Å². The molecular formula is C25H28N6O4S. The summed E-state index contributed by atoms with van der Waals surface area (Å²) in [6.07, 6.45) is 2.60. The van der Waals surface area contributed by atoms with Crippen LogP contribution in [0.3, 0.4) is 0 Å². The summed E-state index contributed by atoms with van der Waals surface area (Å²) in [5.41, 5.74) is 3.64. The number of aromatic nitrogens is 3. The summed E-state index contributed by atoms with van der Waals surface area (Å²) in [5, 5.41) is 20.0. The SMILES string of the molecule is COc1ccc2nccc(NC(=O)C3CC[C@H](NCc4nc5c(cc4C)SCC(=O)N5)[C@@H](O)C3)c2n1. The van der Waals surface area contributed by atoms with Gasteiger partial charge < -0.3 is 25.8 Å². The van der Waals surface area contributed by atoms with Crippen molar-refractivity contribution in [3.63, 3.8) is 0 Å². The van der Waals surface area contributed by atoms with E-state index in [-0.39, 0.29) is 23.8 Å². The summed E-state index contributed by atoms with van der Waals surface area (Å²) in [6.45, 7) is 2.46. The zero-order valence-corrected chi connectivity index (χ0v) is 20.9. The molecule has 4 heterocycles. The van der Waals surface area contributed by atoms with Crippen molar-refractivity contribution < 1.29 is 19.4 Å². The molecule has 1 aliphatic carbocycles. The molecule has 1 aliphatic heterocycles. The fourth-order valence-electron chi connectivity index (χ4n) is 4.62. The number of aryl methyl sites for hydroxylation is 1. The number of nitrogens with one attached hydrogen (secondary N) is 3. The number of anilines is 2. The molecule has 2 aliphatic rings. The number of aliphatic hydroxyl groups excluding tert-OH is 1. The lowest BCUT2D eigenvalue weighted by molar-refractivity contribution is -0.122. The van der Waals surface area contributed by atoms with E-state index in [2.05, 4.69) is 30.9 Å². The van der Waals surface area contributed by atoms with E-state index in [4.69, 9.17) is 4.74 Å². The van der Waals surface area contributed by atoms with Gasteiger partial charge in [-0.3, -0.25) is 14.6 Å². The minimum atomic E-state index is -0.671. The topological polar surface area (TPSA) is 138 Å². The molecule has 0 bridgehead atoms. The second-order valence-electron chi connectivity index (χ2n) is 9.07. The van der Waals surface area contributed by atoms with Gasteiger partial charge in [0.15, 0.2) is 0 Å². The lowest BCUT2D eigenvalue weighted by Crippen LogP contribution is -2.46. The lowest BCUT2D eigenvalue weighted by Gasteiger charge is -2.33. The van der Waals surface area contributed by atoms with Gasteiger partial charge in [-0.1, -0.05) is 0 Å². The second-order valence-corrected chi connectivity index (χ2v) is 10.1. The Bertz CT molecular complexity index is 1320. The van der Waals surface area contributed by atoms with Gasteiger partial charge in [-0.25, -0.2) is 9.97 Å². The predicted octanol–water partition coefficient (Wildman–Crippen LogP) is 2.64. The highest BCUT2D eigenvalue weighted by Gasteiger charge is 2.33. The Hall–Kier alpha value is -3.28. The number of methoxy groups -OCH3 is 1. The van der Waals surface area contributed by atoms with E-state index >= 15 is 0 Å². The van der Waals surface area contributed by atoms with E-state index in [0.717, 1.165) is 16.2 Å². The Labute approximate surface area is 212 Å². The molecule has 0 saturated heterocycles. The summed E-state index contributed by atoms with van der Waals surface area (Å²) < 4.78 is 5.20. The average Bonchev–Trinajstić information content (AvgIpc) is 2.88. The number of fused-ring (bicyclic) bond motifs is 2. The van der Waals surface area contributed by atoms with Crippen LogP contribution in [0.2, 0.25) is 0 Å². The highest BCUT2D eigenvalue weighted by atomic mass is 32.2. The van der Waals surface area contributed by atoms with Crippen LogP contribution in [0.4, 0.5) is 11.5 Å². The zero-order chi connectivity index (χ0) is 25.2. The number of ether oxygens (including phenoxy) is 1. The molecule has 188 valence electrons. The highest BCUT2D eigenvalue weighted by Crippen LogP contribution is 2.32. The molecule has 5 rings (SSSR count). The van der Waals surface area contributed by atoms with Crippen LogP contribution in [-0.4, -0.2) is 56.9 Å². The molecular weight excluding hydrogens is 480 g/mol. The van der Waals surface area contributed by atoms with Gasteiger partial charge in [0.2, 0.25) is 17.7 Å². The van der Waals surface area contributed by atoms with Crippen LogP contribution in [0.1, 0.15) is 30.5 Å². The van der Waals surface area contributed by atoms with Gasteiger partial charge in [0.1, 0.15) is 11.3 Å². The molecule has 3 aromatic heterocycles. The first-order chi connectivity index (χ1) is 17.4. The second kappa shape index (κ2) is 10.4. The van der Waals surface area contributed by atoms with Gasteiger partial charge in [0.05, 0.1) is 40.8 Å². The summed E-state index contributed by atoms with van der Waals surface area (Å²) in [4.78, 5) is 39.0. The van der Waals surface area contributed by atoms with Crippen molar-refractivity contribution in [1.82, 2.24) is 20.3 Å². The number of pyridine rings is 3. The first-order valence-electron chi connectivity index (χ1n) is 11.9.